The van der Waals surface area contributed by atoms with Crippen molar-refractivity contribution in [3.8, 4) is 0 Å². The first-order chi connectivity index (χ1) is 5.72. The molecule has 1 rings (SSSR count). The molecule has 0 aliphatic rings. The monoisotopic (exact) mass is 213 g/mol. The van der Waals surface area contributed by atoms with E-state index in [0.29, 0.717) is 5.92 Å². The lowest BCUT2D eigenvalue weighted by atomic mass is 10.0. The maximum absolute atomic E-state index is 4.90. The Morgan fingerprint density at radius 2 is 1.67 bits per heavy atom. The Hall–Kier alpha value is 0.566. The molecule has 0 saturated carbocycles. The molecule has 0 N–H and O–H groups in total. The van der Waals surface area contributed by atoms with Crippen LogP contribution in [-0.2, 0) is 0 Å². The second kappa shape index (κ2) is 8.18. The topological polar surface area (TPSA) is 0 Å². The quantitative estimate of drug-likeness (QED) is 0.627. The van der Waals surface area contributed by atoms with E-state index in [1.54, 1.807) is 0 Å². The van der Waals surface area contributed by atoms with E-state index in [4.69, 9.17) is 18.1 Å². The maximum atomic E-state index is 4.90. The third-order valence-corrected chi connectivity index (χ3v) is 1.41. The minimum absolute atomic E-state index is 0.639. The molecule has 12 heavy (non-hydrogen) atoms. The molecule has 3 heteroatoms. The maximum Gasteiger partial charge on any atom is 0.618 e. The van der Waals surface area contributed by atoms with E-state index in [9.17, 15) is 0 Å². The lowest BCUT2D eigenvalue weighted by Crippen LogP contribution is -1.83. The SMILES string of the molecule is CC(C)c1cc[c]cc1.[Cl][Mg][Cl]. The Bertz CT molecular complexity index is 187. The zero-order valence-electron chi connectivity index (χ0n) is 7.35. The van der Waals surface area contributed by atoms with Gasteiger partial charge in [-0.2, -0.15) is 0 Å². The summed E-state index contributed by atoms with van der Waals surface area (Å²) in [6.45, 7) is 4.38. The average Bonchev–Trinajstić information content (AvgIpc) is 2.07. The highest BCUT2D eigenvalue weighted by Crippen LogP contribution is 2.11. The number of hydrogen-bond acceptors (Lipinski definition) is 0. The molecule has 0 fully saturated rings. The van der Waals surface area contributed by atoms with Gasteiger partial charge in [-0.1, -0.05) is 38.1 Å². The number of hydrogen-bond donors (Lipinski definition) is 0. The predicted molar refractivity (Wildman–Crippen MR) is 56.8 cm³/mol. The van der Waals surface area contributed by atoms with Crippen LogP contribution in [0.3, 0.4) is 0 Å². The number of benzene rings is 1. The third kappa shape index (κ3) is 6.12. The second-order valence-corrected chi connectivity index (χ2v) is 5.22. The van der Waals surface area contributed by atoms with E-state index >= 15 is 0 Å². The summed E-state index contributed by atoms with van der Waals surface area (Å²) in [4.78, 5) is 0. The van der Waals surface area contributed by atoms with Crippen LogP contribution < -0.4 is 0 Å². The van der Waals surface area contributed by atoms with Crippen molar-refractivity contribution in [2.45, 2.75) is 19.8 Å². The summed E-state index contributed by atoms with van der Waals surface area (Å²) >= 11 is -0.639. The van der Waals surface area contributed by atoms with E-state index in [2.05, 4.69) is 32.0 Å². The molecule has 1 aromatic carbocycles. The first-order valence-corrected chi connectivity index (χ1v) is 8.08. The van der Waals surface area contributed by atoms with Gasteiger partial charge in [0.15, 0.2) is 0 Å². The summed E-state index contributed by atoms with van der Waals surface area (Å²) in [5.74, 6) is 0.639. The molecular weight excluding hydrogens is 203 g/mol. The molecule has 0 amide bonds. The first-order valence-electron chi connectivity index (χ1n) is 3.80. The van der Waals surface area contributed by atoms with Gasteiger partial charge in [0, 0.05) is 0 Å². The van der Waals surface area contributed by atoms with Crippen LogP contribution in [0.2, 0.25) is 0 Å². The zero-order valence-corrected chi connectivity index (χ0v) is 10.3. The van der Waals surface area contributed by atoms with Crippen LogP contribution in [0, 0.1) is 6.07 Å². The Balaban J connectivity index is 0.000000354. The van der Waals surface area contributed by atoms with E-state index in [0.717, 1.165) is 0 Å². The van der Waals surface area contributed by atoms with Gasteiger partial charge >= 0.3 is 18.2 Å². The van der Waals surface area contributed by atoms with Crippen molar-refractivity contribution >= 4 is 36.3 Å². The van der Waals surface area contributed by atoms with Crippen LogP contribution in [-0.4, -0.2) is 18.2 Å². The van der Waals surface area contributed by atoms with Crippen molar-refractivity contribution in [1.82, 2.24) is 0 Å². The van der Waals surface area contributed by atoms with Crippen LogP contribution >= 0.6 is 18.1 Å². The van der Waals surface area contributed by atoms with Gasteiger partial charge in [-0.05, 0) is 17.5 Å². The minimum Gasteiger partial charge on any atom is -0.309 e. The molecule has 0 nitrogen and oxygen atoms in total. The molecule has 0 saturated heterocycles. The largest absolute Gasteiger partial charge is 0.618 e. The fourth-order valence-corrected chi connectivity index (χ4v) is 0.785. The lowest BCUT2D eigenvalue weighted by molar-refractivity contribution is 0.866. The Morgan fingerprint density at radius 3 is 1.92 bits per heavy atom. The molecule has 0 heterocycles. The molecular formula is C9H11Cl2Mg. The molecule has 0 unspecified atom stereocenters. The molecule has 0 bridgehead atoms. The normalized spacial score (nSPS) is 8.42. The van der Waals surface area contributed by atoms with Gasteiger partial charge in [0.1, 0.15) is 0 Å². The van der Waals surface area contributed by atoms with Crippen LogP contribution in [0.1, 0.15) is 25.3 Å². The summed E-state index contributed by atoms with van der Waals surface area (Å²) in [5.41, 5.74) is 1.38. The van der Waals surface area contributed by atoms with Gasteiger partial charge in [0.2, 0.25) is 0 Å². The van der Waals surface area contributed by atoms with Crippen molar-refractivity contribution < 1.29 is 0 Å². The van der Waals surface area contributed by atoms with E-state index in [-0.39, 0.29) is 0 Å². The molecule has 0 atom stereocenters. The highest BCUT2D eigenvalue weighted by Gasteiger charge is 1.93. The fraction of sp³-hybridized carbons (Fsp3) is 0.333. The zero-order chi connectivity index (χ0) is 9.40. The predicted octanol–water partition coefficient (Wildman–Crippen LogP) is 3.61. The van der Waals surface area contributed by atoms with Crippen LogP contribution in [0.4, 0.5) is 0 Å². The Morgan fingerprint density at radius 1 is 1.25 bits per heavy atom. The molecule has 1 aromatic rings. The van der Waals surface area contributed by atoms with Gasteiger partial charge < -0.3 is 18.1 Å². The van der Waals surface area contributed by atoms with Gasteiger partial charge in [-0.3, -0.25) is 0 Å². The van der Waals surface area contributed by atoms with E-state index in [1.165, 1.54) is 5.56 Å². The van der Waals surface area contributed by atoms with Crippen LogP contribution in [0.25, 0.3) is 0 Å². The third-order valence-electron chi connectivity index (χ3n) is 1.41. The molecule has 0 aliphatic heterocycles. The van der Waals surface area contributed by atoms with Crippen molar-refractivity contribution in [3.63, 3.8) is 0 Å². The highest BCUT2D eigenvalue weighted by molar-refractivity contribution is 7.22. The van der Waals surface area contributed by atoms with Crippen LogP contribution in [0.5, 0.6) is 0 Å². The fourth-order valence-electron chi connectivity index (χ4n) is 0.785. The summed E-state index contributed by atoms with van der Waals surface area (Å²) in [7, 11) is 9.81. The second-order valence-electron chi connectivity index (χ2n) is 2.59. The minimum atomic E-state index is -0.639. The van der Waals surface area contributed by atoms with Gasteiger partial charge in [-0.15, -0.1) is 0 Å². The molecule has 0 aliphatic carbocycles. The first kappa shape index (κ1) is 12.6. The van der Waals surface area contributed by atoms with Crippen molar-refractivity contribution in [2.75, 3.05) is 0 Å². The van der Waals surface area contributed by atoms with Crippen molar-refractivity contribution in [1.29, 1.82) is 0 Å². The standard InChI is InChI=1S/C9H11.2ClH.Mg/c1-8(2)9-6-4-3-5-7-9;;;/h4-8H,1-2H3;2*1H;/q;;;+2/p-2. The van der Waals surface area contributed by atoms with Gasteiger partial charge in [0.25, 0.3) is 0 Å². The molecule has 63 valence electrons. The summed E-state index contributed by atoms with van der Waals surface area (Å²) in [6.07, 6.45) is 0. The molecule has 1 radical (unpaired) electrons. The molecule has 0 aromatic heterocycles. The van der Waals surface area contributed by atoms with Crippen molar-refractivity contribution in [2.24, 2.45) is 0 Å². The number of halogens is 2. The smallest absolute Gasteiger partial charge is 0.309 e. The van der Waals surface area contributed by atoms with Crippen molar-refractivity contribution in [3.05, 3.63) is 35.9 Å². The number of rotatable bonds is 1. The van der Waals surface area contributed by atoms with Gasteiger partial charge in [-0.25, -0.2) is 0 Å². The average molecular weight is 214 g/mol. The summed E-state index contributed by atoms with van der Waals surface area (Å²) in [6, 6.07) is 11.1. The van der Waals surface area contributed by atoms with E-state index in [1.807, 2.05) is 12.1 Å². The summed E-state index contributed by atoms with van der Waals surface area (Å²) in [5, 5.41) is 0. The van der Waals surface area contributed by atoms with Gasteiger partial charge in [0.05, 0.1) is 0 Å². The Kier molecular flexibility index (Phi) is 8.56. The van der Waals surface area contributed by atoms with Crippen LogP contribution in [0.15, 0.2) is 24.3 Å². The molecule has 0 spiro atoms. The lowest BCUT2D eigenvalue weighted by Gasteiger charge is -2.01. The highest BCUT2D eigenvalue weighted by atomic mass is 35.6. The Labute approximate surface area is 91.5 Å². The van der Waals surface area contributed by atoms with E-state index < -0.39 is 18.2 Å². The summed E-state index contributed by atoms with van der Waals surface area (Å²) < 4.78 is 0.